The summed E-state index contributed by atoms with van der Waals surface area (Å²) in [6.45, 7) is 4.12. The van der Waals surface area contributed by atoms with Gasteiger partial charge in [0.15, 0.2) is 5.17 Å². The van der Waals surface area contributed by atoms with Crippen molar-refractivity contribution in [2.75, 3.05) is 0 Å². The number of aryl methyl sites for hydroxylation is 2. The summed E-state index contributed by atoms with van der Waals surface area (Å²) in [7, 11) is 0. The Morgan fingerprint density at radius 2 is 1.93 bits per heavy atom. The molecule has 1 N–H and O–H groups in total. The molecule has 1 amide bonds. The summed E-state index contributed by atoms with van der Waals surface area (Å²) >= 11 is 1.35. The summed E-state index contributed by atoms with van der Waals surface area (Å²) in [6.07, 6.45) is 2.11. The van der Waals surface area contributed by atoms with Gasteiger partial charge >= 0.3 is 0 Å². The number of thioether (sulfide) groups is 1. The lowest BCUT2D eigenvalue weighted by molar-refractivity contribution is -0.384. The number of hydrogen-bond donors (Lipinski definition) is 1. The van der Waals surface area contributed by atoms with Crippen LogP contribution >= 0.6 is 11.8 Å². The maximum absolute atomic E-state index is 12.1. The molecule has 2 aromatic rings. The van der Waals surface area contributed by atoms with Gasteiger partial charge in [0, 0.05) is 12.1 Å². The van der Waals surface area contributed by atoms with Gasteiger partial charge in [0.2, 0.25) is 5.91 Å². The molecule has 27 heavy (non-hydrogen) atoms. The molecule has 0 aromatic heterocycles. The Labute approximate surface area is 160 Å². The van der Waals surface area contributed by atoms with Crippen LogP contribution in [0.4, 0.5) is 5.69 Å². The van der Waals surface area contributed by atoms with Crippen LogP contribution in [0.3, 0.4) is 0 Å². The summed E-state index contributed by atoms with van der Waals surface area (Å²) in [4.78, 5) is 22.3. The number of nitrogens with one attached hydrogen (secondary N) is 1. The van der Waals surface area contributed by atoms with Crippen molar-refractivity contribution >= 4 is 34.7 Å². The lowest BCUT2D eigenvalue weighted by atomic mass is 10.0. The number of nitrogens with zero attached hydrogens (tertiary/aromatic N) is 3. The quantitative estimate of drug-likeness (QED) is 0.487. The van der Waals surface area contributed by atoms with E-state index in [1.54, 1.807) is 12.1 Å². The number of nitro groups is 1. The van der Waals surface area contributed by atoms with Gasteiger partial charge in [-0.1, -0.05) is 30.0 Å². The lowest BCUT2D eigenvalue weighted by Gasteiger charge is -2.07. The minimum Gasteiger partial charge on any atom is -0.303 e. The van der Waals surface area contributed by atoms with E-state index in [2.05, 4.69) is 41.5 Å². The molecule has 0 aliphatic carbocycles. The molecule has 0 spiro atoms. The molecule has 138 valence electrons. The molecule has 1 heterocycles. The fourth-order valence-electron chi connectivity index (χ4n) is 2.56. The number of hydrogen-bond acceptors (Lipinski definition) is 6. The highest BCUT2D eigenvalue weighted by atomic mass is 32.2. The molecule has 1 saturated heterocycles. The van der Waals surface area contributed by atoms with E-state index < -0.39 is 4.92 Å². The smallest absolute Gasteiger partial charge is 0.269 e. The standard InChI is InChI=1S/C19H18N4O3S/c1-12-3-4-15(9-13(12)2)10-17-18(24)21-19(27-17)22-20-11-14-5-7-16(8-6-14)23(25)26/h3-9,11,17H,10H2,1-2H3,(H,21,22,24)/b20-11+. The largest absolute Gasteiger partial charge is 0.303 e. The minimum atomic E-state index is -0.457. The number of rotatable bonds is 5. The molecule has 1 unspecified atom stereocenters. The van der Waals surface area contributed by atoms with Crippen molar-refractivity contribution in [2.24, 2.45) is 10.2 Å². The topological polar surface area (TPSA) is 97.0 Å². The van der Waals surface area contributed by atoms with E-state index in [9.17, 15) is 14.9 Å². The van der Waals surface area contributed by atoms with Crippen LogP contribution < -0.4 is 5.32 Å². The molecule has 1 atom stereocenters. The second kappa shape index (κ2) is 8.13. The summed E-state index contributed by atoms with van der Waals surface area (Å²) in [5.74, 6) is -0.0810. The Kier molecular flexibility index (Phi) is 5.66. The van der Waals surface area contributed by atoms with Crippen molar-refractivity contribution in [3.8, 4) is 0 Å². The predicted octanol–water partition coefficient (Wildman–Crippen LogP) is 3.38. The Morgan fingerprint density at radius 1 is 1.19 bits per heavy atom. The normalized spacial score (nSPS) is 18.2. The second-order valence-electron chi connectivity index (χ2n) is 6.22. The number of amides is 1. The van der Waals surface area contributed by atoms with Crippen LogP contribution in [0.15, 0.2) is 52.7 Å². The number of carbonyl (C=O) groups is 1. The Hall–Kier alpha value is -3.00. The van der Waals surface area contributed by atoms with Gasteiger partial charge in [-0.25, -0.2) is 0 Å². The van der Waals surface area contributed by atoms with Crippen molar-refractivity contribution in [1.29, 1.82) is 0 Å². The molecule has 2 aromatic carbocycles. The van der Waals surface area contributed by atoms with E-state index in [1.807, 2.05) is 6.07 Å². The van der Waals surface area contributed by atoms with Crippen LogP contribution in [0.2, 0.25) is 0 Å². The summed E-state index contributed by atoms with van der Waals surface area (Å²) in [5, 5.41) is 21.6. The average molecular weight is 382 g/mol. The van der Waals surface area contributed by atoms with Gasteiger partial charge < -0.3 is 5.32 Å². The number of nitro benzene ring substituents is 1. The van der Waals surface area contributed by atoms with Crippen LogP contribution in [0.25, 0.3) is 0 Å². The molecule has 1 fully saturated rings. The maximum Gasteiger partial charge on any atom is 0.269 e. The van der Waals surface area contributed by atoms with Gasteiger partial charge in [-0.3, -0.25) is 14.9 Å². The third kappa shape index (κ3) is 4.79. The molecule has 8 heteroatoms. The zero-order chi connectivity index (χ0) is 19.4. The minimum absolute atomic E-state index is 0.0197. The monoisotopic (exact) mass is 382 g/mol. The third-order valence-electron chi connectivity index (χ3n) is 4.23. The number of amidine groups is 1. The van der Waals surface area contributed by atoms with Gasteiger partial charge in [-0.05, 0) is 54.7 Å². The molecule has 0 bridgehead atoms. The van der Waals surface area contributed by atoms with Gasteiger partial charge in [0.1, 0.15) is 0 Å². The molecule has 1 aliphatic rings. The number of carbonyl (C=O) groups excluding carboxylic acids is 1. The molecule has 7 nitrogen and oxygen atoms in total. The first-order valence-electron chi connectivity index (χ1n) is 8.31. The fraction of sp³-hybridized carbons (Fsp3) is 0.211. The van der Waals surface area contributed by atoms with E-state index in [4.69, 9.17) is 0 Å². The van der Waals surface area contributed by atoms with E-state index in [0.717, 1.165) is 5.56 Å². The highest BCUT2D eigenvalue weighted by molar-refractivity contribution is 8.15. The molecular formula is C19H18N4O3S. The fourth-order valence-corrected chi connectivity index (χ4v) is 3.53. The summed E-state index contributed by atoms with van der Waals surface area (Å²) in [5.41, 5.74) is 4.25. The van der Waals surface area contributed by atoms with Crippen molar-refractivity contribution in [3.63, 3.8) is 0 Å². The molecular weight excluding hydrogens is 364 g/mol. The predicted molar refractivity (Wildman–Crippen MR) is 107 cm³/mol. The number of benzene rings is 2. The van der Waals surface area contributed by atoms with Crippen LogP contribution in [0.5, 0.6) is 0 Å². The first kappa shape index (κ1) is 18.8. The molecule has 3 rings (SSSR count). The third-order valence-corrected chi connectivity index (χ3v) is 5.30. The van der Waals surface area contributed by atoms with E-state index in [0.29, 0.717) is 17.2 Å². The van der Waals surface area contributed by atoms with Gasteiger partial charge in [-0.15, -0.1) is 5.10 Å². The Bertz CT molecular complexity index is 938. The van der Waals surface area contributed by atoms with Crippen LogP contribution in [-0.4, -0.2) is 27.5 Å². The van der Waals surface area contributed by atoms with Gasteiger partial charge in [0.25, 0.3) is 5.69 Å². The van der Waals surface area contributed by atoms with Crippen molar-refractivity contribution < 1.29 is 9.72 Å². The highest BCUT2D eigenvalue weighted by Gasteiger charge is 2.30. The Morgan fingerprint density at radius 3 is 2.59 bits per heavy atom. The molecule has 0 radical (unpaired) electrons. The summed E-state index contributed by atoms with van der Waals surface area (Å²) in [6, 6.07) is 12.2. The van der Waals surface area contributed by atoms with Crippen molar-refractivity contribution in [3.05, 3.63) is 74.8 Å². The maximum atomic E-state index is 12.1. The van der Waals surface area contributed by atoms with Gasteiger partial charge in [-0.2, -0.15) is 5.10 Å². The Balaban J connectivity index is 1.62. The van der Waals surface area contributed by atoms with E-state index in [1.165, 1.54) is 41.2 Å². The zero-order valence-electron chi connectivity index (χ0n) is 14.9. The highest BCUT2D eigenvalue weighted by Crippen LogP contribution is 2.24. The molecule has 0 saturated carbocycles. The van der Waals surface area contributed by atoms with Crippen molar-refractivity contribution in [2.45, 2.75) is 25.5 Å². The first-order chi connectivity index (χ1) is 12.9. The van der Waals surface area contributed by atoms with Crippen LogP contribution in [0.1, 0.15) is 22.3 Å². The van der Waals surface area contributed by atoms with E-state index in [-0.39, 0.29) is 16.8 Å². The van der Waals surface area contributed by atoms with Gasteiger partial charge in [0.05, 0.1) is 16.4 Å². The SMILES string of the molecule is Cc1ccc(CC2S/C(=N\N=C\c3ccc([N+](=O)[O-])cc3)NC2=O)cc1C. The van der Waals surface area contributed by atoms with Crippen LogP contribution in [0, 0.1) is 24.0 Å². The summed E-state index contributed by atoms with van der Waals surface area (Å²) < 4.78 is 0. The average Bonchev–Trinajstić information content (AvgIpc) is 2.98. The lowest BCUT2D eigenvalue weighted by Crippen LogP contribution is -2.25. The number of non-ortho nitro benzene ring substituents is 1. The molecule has 1 aliphatic heterocycles. The van der Waals surface area contributed by atoms with Crippen molar-refractivity contribution in [1.82, 2.24) is 5.32 Å². The van der Waals surface area contributed by atoms with E-state index >= 15 is 0 Å². The van der Waals surface area contributed by atoms with Crippen LogP contribution in [-0.2, 0) is 11.2 Å². The first-order valence-corrected chi connectivity index (χ1v) is 9.19. The zero-order valence-corrected chi connectivity index (χ0v) is 15.7. The second-order valence-corrected chi connectivity index (χ2v) is 7.41.